The number of amides is 2. The van der Waals surface area contributed by atoms with Gasteiger partial charge in [-0.25, -0.2) is 4.68 Å². The fourth-order valence-corrected chi connectivity index (χ4v) is 3.76. The van der Waals surface area contributed by atoms with E-state index < -0.39 is 16.0 Å². The van der Waals surface area contributed by atoms with Crippen LogP contribution in [0.4, 0.5) is 0 Å². The molecule has 2 heterocycles. The first-order valence-electron chi connectivity index (χ1n) is 9.41. The third-order valence-corrected chi connectivity index (χ3v) is 5.37. The first kappa shape index (κ1) is 21.8. The molecule has 0 saturated heterocycles. The van der Waals surface area contributed by atoms with E-state index >= 15 is 0 Å². The summed E-state index contributed by atoms with van der Waals surface area (Å²) in [6.45, 7) is 0.931. The molecule has 0 unspecified atom stereocenters. The highest BCUT2D eigenvalue weighted by Gasteiger charge is 2.33. The van der Waals surface area contributed by atoms with Gasteiger partial charge in [-0.3, -0.25) is 13.8 Å². The zero-order valence-corrected chi connectivity index (χ0v) is 17.6. The molecule has 0 spiro atoms. The van der Waals surface area contributed by atoms with Crippen LogP contribution < -0.4 is 10.5 Å². The maximum absolute atomic E-state index is 13.2. The molecule has 0 atom stereocenters. The van der Waals surface area contributed by atoms with Crippen LogP contribution in [0, 0.1) is 0 Å². The number of benzene rings is 1. The van der Waals surface area contributed by atoms with Crippen molar-refractivity contribution in [2.24, 2.45) is 5.73 Å². The SMILES string of the molecule is COc1ccc(-n2nc(C(N)=O)c3c2C(=O)N(CCCCOS(C)(=O)=O)CC3)cc1. The third-order valence-electron chi connectivity index (χ3n) is 4.78. The van der Waals surface area contributed by atoms with Gasteiger partial charge in [0.25, 0.3) is 21.9 Å². The van der Waals surface area contributed by atoms with Gasteiger partial charge in [0.15, 0.2) is 5.69 Å². The quantitative estimate of drug-likeness (QED) is 0.452. The Balaban J connectivity index is 1.81. The molecule has 0 saturated carbocycles. The van der Waals surface area contributed by atoms with Crippen molar-refractivity contribution in [2.45, 2.75) is 19.3 Å². The Kier molecular flexibility index (Phi) is 6.42. The average molecular weight is 436 g/mol. The van der Waals surface area contributed by atoms with E-state index in [1.54, 1.807) is 36.3 Å². The highest BCUT2D eigenvalue weighted by atomic mass is 32.2. The second-order valence-electron chi connectivity index (χ2n) is 6.93. The summed E-state index contributed by atoms with van der Waals surface area (Å²) in [6.07, 6.45) is 2.53. The lowest BCUT2D eigenvalue weighted by Gasteiger charge is -2.27. The van der Waals surface area contributed by atoms with Crippen LogP contribution in [0.1, 0.15) is 39.4 Å². The molecule has 3 rings (SSSR count). The molecule has 10 nitrogen and oxygen atoms in total. The Labute approximate surface area is 174 Å². The molecule has 0 radical (unpaired) electrons. The zero-order chi connectivity index (χ0) is 21.9. The lowest BCUT2D eigenvalue weighted by atomic mass is 10.0. The Morgan fingerprint density at radius 1 is 1.23 bits per heavy atom. The van der Waals surface area contributed by atoms with Crippen LogP contribution in [-0.4, -0.2) is 68.0 Å². The fourth-order valence-electron chi connectivity index (χ4n) is 3.34. The highest BCUT2D eigenvalue weighted by molar-refractivity contribution is 7.85. The largest absolute Gasteiger partial charge is 0.497 e. The lowest BCUT2D eigenvalue weighted by molar-refractivity contribution is 0.0725. The molecule has 1 aromatic carbocycles. The standard InChI is InChI=1S/C19H24N4O6S/c1-28-14-7-5-13(6-8-14)23-17-15(16(21-23)18(20)24)9-11-22(19(17)25)10-3-4-12-29-30(2,26)27/h5-8H,3-4,9-12H2,1-2H3,(H2,20,24). The number of primary amides is 1. The van der Waals surface area contributed by atoms with Gasteiger partial charge < -0.3 is 15.4 Å². The summed E-state index contributed by atoms with van der Waals surface area (Å²) in [4.78, 5) is 26.7. The number of hydrogen-bond acceptors (Lipinski definition) is 7. The molecule has 0 bridgehead atoms. The monoisotopic (exact) mass is 436 g/mol. The zero-order valence-electron chi connectivity index (χ0n) is 16.8. The molecule has 2 N–H and O–H groups in total. The van der Waals surface area contributed by atoms with Crippen LogP contribution in [0.25, 0.3) is 5.69 Å². The summed E-state index contributed by atoms with van der Waals surface area (Å²) in [5.41, 5.74) is 7.04. The summed E-state index contributed by atoms with van der Waals surface area (Å²) >= 11 is 0. The number of rotatable bonds is 9. The highest BCUT2D eigenvalue weighted by Crippen LogP contribution is 2.26. The first-order chi connectivity index (χ1) is 14.2. The predicted octanol–water partition coefficient (Wildman–Crippen LogP) is 0.734. The van der Waals surface area contributed by atoms with Gasteiger partial charge in [0.2, 0.25) is 0 Å². The number of ether oxygens (including phenoxy) is 1. The van der Waals surface area contributed by atoms with Crippen LogP contribution in [0.15, 0.2) is 24.3 Å². The minimum atomic E-state index is -3.47. The van der Waals surface area contributed by atoms with Gasteiger partial charge in [0, 0.05) is 18.7 Å². The molecular formula is C19H24N4O6S. The van der Waals surface area contributed by atoms with Crippen LogP contribution in [0.2, 0.25) is 0 Å². The third kappa shape index (κ3) is 4.79. The van der Waals surface area contributed by atoms with Gasteiger partial charge in [0.05, 0.1) is 25.7 Å². The molecule has 30 heavy (non-hydrogen) atoms. The summed E-state index contributed by atoms with van der Waals surface area (Å²) in [7, 11) is -1.92. The second-order valence-corrected chi connectivity index (χ2v) is 8.57. The Morgan fingerprint density at radius 3 is 2.53 bits per heavy atom. The van der Waals surface area contributed by atoms with Crippen molar-refractivity contribution in [1.29, 1.82) is 0 Å². The summed E-state index contributed by atoms with van der Waals surface area (Å²) < 4.78 is 33.3. The van der Waals surface area contributed by atoms with E-state index in [1.807, 2.05) is 0 Å². The Morgan fingerprint density at radius 2 is 1.93 bits per heavy atom. The van der Waals surface area contributed by atoms with Crippen molar-refractivity contribution in [3.05, 3.63) is 41.2 Å². The molecule has 1 aliphatic rings. The van der Waals surface area contributed by atoms with Gasteiger partial charge >= 0.3 is 0 Å². The number of nitrogens with zero attached hydrogens (tertiary/aromatic N) is 3. The Bertz CT molecular complexity index is 1050. The van der Waals surface area contributed by atoms with Crippen LogP contribution >= 0.6 is 0 Å². The van der Waals surface area contributed by atoms with Crippen molar-refractivity contribution in [2.75, 3.05) is 33.1 Å². The topological polar surface area (TPSA) is 134 Å². The van der Waals surface area contributed by atoms with E-state index in [9.17, 15) is 18.0 Å². The molecule has 0 fully saturated rings. The van der Waals surface area contributed by atoms with Gasteiger partial charge in [-0.1, -0.05) is 0 Å². The lowest BCUT2D eigenvalue weighted by Crippen LogP contribution is -2.39. The number of nitrogens with two attached hydrogens (primary N) is 1. The van der Waals surface area contributed by atoms with Crippen molar-refractivity contribution in [3.63, 3.8) is 0 Å². The molecule has 2 amide bonds. The van der Waals surface area contributed by atoms with E-state index in [2.05, 4.69) is 5.10 Å². The fraction of sp³-hybridized carbons (Fsp3) is 0.421. The minimum absolute atomic E-state index is 0.0711. The van der Waals surface area contributed by atoms with E-state index in [-0.39, 0.29) is 18.2 Å². The predicted molar refractivity (Wildman–Crippen MR) is 108 cm³/mol. The smallest absolute Gasteiger partial charge is 0.272 e. The van der Waals surface area contributed by atoms with Crippen molar-refractivity contribution in [3.8, 4) is 11.4 Å². The molecule has 162 valence electrons. The molecule has 0 aliphatic carbocycles. The van der Waals surface area contributed by atoms with Crippen molar-refractivity contribution >= 4 is 21.9 Å². The summed E-state index contributed by atoms with van der Waals surface area (Å²) in [5.74, 6) is -0.284. The molecule has 1 aliphatic heterocycles. The number of aromatic nitrogens is 2. The summed E-state index contributed by atoms with van der Waals surface area (Å²) in [6, 6.07) is 6.96. The van der Waals surface area contributed by atoms with Crippen LogP contribution in [-0.2, 0) is 20.7 Å². The maximum Gasteiger partial charge on any atom is 0.272 e. The number of hydrogen-bond donors (Lipinski definition) is 1. The van der Waals surface area contributed by atoms with Crippen LogP contribution in [0.3, 0.4) is 0 Å². The van der Waals surface area contributed by atoms with Gasteiger partial charge in [0.1, 0.15) is 11.4 Å². The molecule has 11 heteroatoms. The van der Waals surface area contributed by atoms with Gasteiger partial charge in [-0.2, -0.15) is 13.5 Å². The van der Waals surface area contributed by atoms with Crippen LogP contribution in [0.5, 0.6) is 5.75 Å². The normalized spacial score (nSPS) is 13.9. The van der Waals surface area contributed by atoms with E-state index in [1.165, 1.54) is 4.68 Å². The number of methoxy groups -OCH3 is 1. The Hall–Kier alpha value is -2.92. The number of carbonyl (C=O) groups excluding carboxylic acids is 2. The van der Waals surface area contributed by atoms with E-state index in [4.69, 9.17) is 14.7 Å². The maximum atomic E-state index is 13.2. The second kappa shape index (κ2) is 8.84. The van der Waals surface area contributed by atoms with Gasteiger partial charge in [-0.05, 0) is 43.5 Å². The van der Waals surface area contributed by atoms with Crippen molar-refractivity contribution in [1.82, 2.24) is 14.7 Å². The summed E-state index contributed by atoms with van der Waals surface area (Å²) in [5, 5.41) is 4.31. The molecule has 1 aromatic heterocycles. The number of fused-ring (bicyclic) bond motifs is 1. The molecule has 2 aromatic rings. The van der Waals surface area contributed by atoms with E-state index in [0.29, 0.717) is 55.0 Å². The van der Waals surface area contributed by atoms with E-state index in [0.717, 1.165) is 6.26 Å². The minimum Gasteiger partial charge on any atom is -0.497 e. The molecular weight excluding hydrogens is 412 g/mol. The number of carbonyl (C=O) groups is 2. The van der Waals surface area contributed by atoms with Gasteiger partial charge in [-0.15, -0.1) is 0 Å². The van der Waals surface area contributed by atoms with Crippen molar-refractivity contribution < 1.29 is 26.9 Å². The first-order valence-corrected chi connectivity index (χ1v) is 11.2. The number of unbranched alkanes of at least 4 members (excludes halogenated alkanes) is 1. The average Bonchev–Trinajstić information content (AvgIpc) is 3.09.